The molecule has 2 aromatic carbocycles. The third-order valence-electron chi connectivity index (χ3n) is 3.81. The van der Waals surface area contributed by atoms with Crippen LogP contribution in [0.1, 0.15) is 20.7 Å². The van der Waals surface area contributed by atoms with Gasteiger partial charge in [-0.1, -0.05) is 0 Å². The van der Waals surface area contributed by atoms with Gasteiger partial charge in [-0.2, -0.15) is 5.10 Å². The maximum atomic E-state index is 13.9. The second-order valence-corrected chi connectivity index (χ2v) is 5.59. The Kier molecular flexibility index (Phi) is 5.12. The van der Waals surface area contributed by atoms with Crippen LogP contribution in [-0.4, -0.2) is 33.7 Å². The monoisotopic (exact) mass is 384 g/mol. The quantitative estimate of drug-likeness (QED) is 0.411. The molecule has 0 aliphatic rings. The van der Waals surface area contributed by atoms with E-state index in [1.165, 1.54) is 60.6 Å². The van der Waals surface area contributed by atoms with E-state index in [9.17, 15) is 24.1 Å². The van der Waals surface area contributed by atoms with Crippen LogP contribution < -0.4 is 5.32 Å². The predicted octanol–water partition coefficient (Wildman–Crippen LogP) is 2.96. The number of amides is 1. The summed E-state index contributed by atoms with van der Waals surface area (Å²) in [5.74, 6) is -2.03. The number of carbonyl (C=O) groups excluding carboxylic acids is 2. The summed E-state index contributed by atoms with van der Waals surface area (Å²) in [5.41, 5.74) is 0.455. The Bertz CT molecular complexity index is 1060. The predicted molar refractivity (Wildman–Crippen MR) is 95.9 cm³/mol. The van der Waals surface area contributed by atoms with Gasteiger partial charge in [-0.3, -0.25) is 14.9 Å². The van der Waals surface area contributed by atoms with E-state index in [4.69, 9.17) is 0 Å². The van der Waals surface area contributed by atoms with E-state index < -0.39 is 22.6 Å². The van der Waals surface area contributed by atoms with Crippen molar-refractivity contribution in [2.45, 2.75) is 0 Å². The first-order valence-electron chi connectivity index (χ1n) is 7.88. The maximum Gasteiger partial charge on any atom is 0.337 e. The highest BCUT2D eigenvalue weighted by Gasteiger charge is 2.15. The average molecular weight is 384 g/mol. The fourth-order valence-electron chi connectivity index (χ4n) is 2.37. The van der Waals surface area contributed by atoms with Gasteiger partial charge in [-0.25, -0.2) is 13.9 Å². The average Bonchev–Trinajstić information content (AvgIpc) is 3.19. The van der Waals surface area contributed by atoms with Crippen LogP contribution in [0.15, 0.2) is 54.9 Å². The minimum atomic E-state index is -0.719. The van der Waals surface area contributed by atoms with Gasteiger partial charge >= 0.3 is 5.97 Å². The molecule has 0 spiro atoms. The number of ether oxygens (including phenoxy) is 1. The van der Waals surface area contributed by atoms with Crippen LogP contribution in [0.3, 0.4) is 0 Å². The third kappa shape index (κ3) is 3.85. The van der Waals surface area contributed by atoms with Gasteiger partial charge in [0.25, 0.3) is 11.6 Å². The first-order valence-corrected chi connectivity index (χ1v) is 7.88. The molecule has 9 nitrogen and oxygen atoms in total. The van der Waals surface area contributed by atoms with Crippen LogP contribution in [-0.2, 0) is 4.74 Å². The number of nitro groups is 1. The molecule has 3 aromatic rings. The van der Waals surface area contributed by atoms with E-state index in [0.717, 1.165) is 6.07 Å². The number of methoxy groups -OCH3 is 1. The lowest BCUT2D eigenvalue weighted by atomic mass is 10.2. The molecule has 0 bridgehead atoms. The molecule has 1 N–H and O–H groups in total. The van der Waals surface area contributed by atoms with Crippen molar-refractivity contribution < 1.29 is 23.6 Å². The number of non-ortho nitro benzene ring substituents is 1. The highest BCUT2D eigenvalue weighted by Crippen LogP contribution is 2.19. The number of benzene rings is 2. The zero-order valence-electron chi connectivity index (χ0n) is 14.5. The normalized spacial score (nSPS) is 10.4. The fourth-order valence-corrected chi connectivity index (χ4v) is 2.37. The largest absolute Gasteiger partial charge is 0.465 e. The summed E-state index contributed by atoms with van der Waals surface area (Å²) in [6.45, 7) is 0. The summed E-state index contributed by atoms with van der Waals surface area (Å²) in [6, 6.07) is 9.03. The van der Waals surface area contributed by atoms with E-state index >= 15 is 0 Å². The fraction of sp³-hybridized carbons (Fsp3) is 0.0556. The number of aromatic nitrogens is 2. The van der Waals surface area contributed by atoms with E-state index in [0.29, 0.717) is 5.69 Å². The lowest BCUT2D eigenvalue weighted by Gasteiger charge is -2.07. The Morgan fingerprint density at radius 1 is 1.18 bits per heavy atom. The van der Waals surface area contributed by atoms with Gasteiger partial charge in [0.05, 0.1) is 40.7 Å². The van der Waals surface area contributed by atoms with E-state index in [1.807, 2.05) is 0 Å². The number of carbonyl (C=O) groups is 2. The van der Waals surface area contributed by atoms with E-state index in [-0.39, 0.29) is 22.5 Å². The van der Waals surface area contributed by atoms with Crippen molar-refractivity contribution in [2.24, 2.45) is 0 Å². The lowest BCUT2D eigenvalue weighted by molar-refractivity contribution is -0.384. The number of rotatable bonds is 5. The Labute approximate surface area is 157 Å². The molecule has 0 aliphatic heterocycles. The zero-order valence-corrected chi connectivity index (χ0v) is 14.5. The lowest BCUT2D eigenvalue weighted by Crippen LogP contribution is -2.13. The molecule has 0 saturated carbocycles. The molecule has 1 aromatic heterocycles. The third-order valence-corrected chi connectivity index (χ3v) is 3.81. The standard InChI is InChI=1S/C18H13FN4O5/c1-28-18(25)11-2-7-15(19)16(8-11)21-17(24)12-9-20-22(10-12)13-3-5-14(6-4-13)23(26)27/h2-10H,1H3,(H,21,24). The molecule has 0 aliphatic carbocycles. The van der Waals surface area contributed by atoms with Crippen molar-refractivity contribution in [2.75, 3.05) is 12.4 Å². The van der Waals surface area contributed by atoms with Crippen molar-refractivity contribution in [1.29, 1.82) is 0 Å². The Hall–Kier alpha value is -4.08. The van der Waals surface area contributed by atoms with Crippen LogP contribution in [0.4, 0.5) is 15.8 Å². The first-order chi connectivity index (χ1) is 13.4. The number of nitrogens with one attached hydrogen (secondary N) is 1. The summed E-state index contributed by atoms with van der Waals surface area (Å²) >= 11 is 0. The minimum Gasteiger partial charge on any atom is -0.465 e. The summed E-state index contributed by atoms with van der Waals surface area (Å²) in [7, 11) is 1.19. The molecule has 0 radical (unpaired) electrons. The van der Waals surface area contributed by atoms with E-state index in [2.05, 4.69) is 15.2 Å². The second kappa shape index (κ2) is 7.66. The van der Waals surface area contributed by atoms with Gasteiger partial charge in [0, 0.05) is 18.3 Å². The second-order valence-electron chi connectivity index (χ2n) is 5.59. The number of nitro benzene ring substituents is 1. The summed E-state index contributed by atoms with van der Waals surface area (Å²) in [4.78, 5) is 34.1. The van der Waals surface area contributed by atoms with Gasteiger partial charge in [-0.05, 0) is 30.3 Å². The van der Waals surface area contributed by atoms with Gasteiger partial charge in [-0.15, -0.1) is 0 Å². The Balaban J connectivity index is 1.79. The van der Waals surface area contributed by atoms with Crippen molar-refractivity contribution in [3.05, 3.63) is 81.9 Å². The summed E-state index contributed by atoms with van der Waals surface area (Å²) in [5, 5.41) is 17.1. The van der Waals surface area contributed by atoms with Crippen LogP contribution in [0, 0.1) is 15.9 Å². The van der Waals surface area contributed by atoms with Gasteiger partial charge in [0.2, 0.25) is 0 Å². The molecule has 3 rings (SSSR count). The smallest absolute Gasteiger partial charge is 0.337 e. The molecule has 0 saturated heterocycles. The molecule has 0 fully saturated rings. The highest BCUT2D eigenvalue weighted by atomic mass is 19.1. The molecular formula is C18H13FN4O5. The molecule has 142 valence electrons. The van der Waals surface area contributed by atoms with Crippen molar-refractivity contribution in [3.8, 4) is 5.69 Å². The van der Waals surface area contributed by atoms with Crippen molar-refractivity contribution in [3.63, 3.8) is 0 Å². The molecule has 0 unspecified atom stereocenters. The summed E-state index contributed by atoms with van der Waals surface area (Å²) < 4.78 is 19.9. The SMILES string of the molecule is COC(=O)c1ccc(F)c(NC(=O)c2cnn(-c3ccc([N+](=O)[O-])cc3)c2)c1. The number of hydrogen-bond donors (Lipinski definition) is 1. The molecule has 1 amide bonds. The van der Waals surface area contributed by atoms with Crippen LogP contribution in [0.2, 0.25) is 0 Å². The van der Waals surface area contributed by atoms with Gasteiger partial charge in [0.15, 0.2) is 0 Å². The first kappa shape index (κ1) is 18.7. The number of esters is 1. The number of hydrogen-bond acceptors (Lipinski definition) is 6. The molecule has 1 heterocycles. The Morgan fingerprint density at radius 2 is 1.89 bits per heavy atom. The summed E-state index contributed by atoms with van der Waals surface area (Å²) in [6.07, 6.45) is 2.65. The van der Waals surface area contributed by atoms with Crippen LogP contribution >= 0.6 is 0 Å². The molecule has 28 heavy (non-hydrogen) atoms. The number of halogens is 1. The van der Waals surface area contributed by atoms with Crippen molar-refractivity contribution >= 4 is 23.3 Å². The Morgan fingerprint density at radius 3 is 2.54 bits per heavy atom. The van der Waals surface area contributed by atoms with Gasteiger partial charge < -0.3 is 10.1 Å². The van der Waals surface area contributed by atoms with Crippen LogP contribution in [0.25, 0.3) is 5.69 Å². The minimum absolute atomic E-state index is 0.0742. The number of anilines is 1. The molecule has 10 heteroatoms. The number of nitrogens with zero attached hydrogens (tertiary/aromatic N) is 3. The topological polar surface area (TPSA) is 116 Å². The molecular weight excluding hydrogens is 371 g/mol. The molecule has 0 atom stereocenters. The van der Waals surface area contributed by atoms with Crippen molar-refractivity contribution in [1.82, 2.24) is 9.78 Å². The van der Waals surface area contributed by atoms with Gasteiger partial charge in [0.1, 0.15) is 5.82 Å². The van der Waals surface area contributed by atoms with Crippen LogP contribution in [0.5, 0.6) is 0 Å². The van der Waals surface area contributed by atoms with E-state index in [1.54, 1.807) is 0 Å². The highest BCUT2D eigenvalue weighted by molar-refractivity contribution is 6.04. The zero-order chi connectivity index (χ0) is 20.3. The maximum absolute atomic E-state index is 13.9.